The molecule has 0 N–H and O–H groups in total. The second-order valence-corrected chi connectivity index (χ2v) is 4.65. The number of rotatable bonds is 5. The molecule has 0 unspecified atom stereocenters. The van der Waals surface area contributed by atoms with Gasteiger partial charge in [-0.1, -0.05) is 22.0 Å². The van der Waals surface area contributed by atoms with Crippen molar-refractivity contribution in [1.29, 1.82) is 0 Å². The summed E-state index contributed by atoms with van der Waals surface area (Å²) < 4.78 is 38.0. The SMILES string of the molecule is C=CCCCC(=O)c1cc(C(F)(F)F)ccc1Br. The van der Waals surface area contributed by atoms with Gasteiger partial charge in [-0.2, -0.15) is 13.2 Å². The van der Waals surface area contributed by atoms with Gasteiger partial charge in [-0.25, -0.2) is 0 Å². The topological polar surface area (TPSA) is 17.1 Å². The number of allylic oxidation sites excluding steroid dienone is 1. The van der Waals surface area contributed by atoms with Crippen LogP contribution in [-0.2, 0) is 6.18 Å². The fraction of sp³-hybridized carbons (Fsp3) is 0.308. The highest BCUT2D eigenvalue weighted by Gasteiger charge is 2.31. The molecule has 0 fully saturated rings. The first-order valence-corrected chi connectivity index (χ1v) is 6.16. The molecule has 0 radical (unpaired) electrons. The molecule has 0 aliphatic heterocycles. The Morgan fingerprint density at radius 1 is 1.39 bits per heavy atom. The van der Waals surface area contributed by atoms with Crippen molar-refractivity contribution < 1.29 is 18.0 Å². The summed E-state index contributed by atoms with van der Waals surface area (Å²) >= 11 is 3.10. The molecule has 0 bridgehead atoms. The fourth-order valence-electron chi connectivity index (χ4n) is 1.46. The largest absolute Gasteiger partial charge is 0.416 e. The average molecular weight is 321 g/mol. The van der Waals surface area contributed by atoms with E-state index in [-0.39, 0.29) is 17.8 Å². The quantitative estimate of drug-likeness (QED) is 0.423. The zero-order chi connectivity index (χ0) is 13.8. The Labute approximate surface area is 112 Å². The lowest BCUT2D eigenvalue weighted by Gasteiger charge is -2.09. The van der Waals surface area contributed by atoms with Crippen LogP contribution in [0, 0.1) is 0 Å². The first-order valence-electron chi connectivity index (χ1n) is 5.37. The van der Waals surface area contributed by atoms with E-state index in [0.717, 1.165) is 12.1 Å². The van der Waals surface area contributed by atoms with Crippen molar-refractivity contribution in [2.24, 2.45) is 0 Å². The molecule has 1 nitrogen and oxygen atoms in total. The summed E-state index contributed by atoms with van der Waals surface area (Å²) in [6.07, 6.45) is -1.29. The normalized spacial score (nSPS) is 11.3. The molecule has 1 aromatic rings. The number of alkyl halides is 3. The molecule has 98 valence electrons. The minimum atomic E-state index is -4.43. The van der Waals surface area contributed by atoms with Crippen LogP contribution in [-0.4, -0.2) is 5.78 Å². The fourth-order valence-corrected chi connectivity index (χ4v) is 1.92. The maximum Gasteiger partial charge on any atom is 0.416 e. The third-order valence-corrected chi connectivity index (χ3v) is 3.10. The molecule has 0 aliphatic rings. The summed E-state index contributed by atoms with van der Waals surface area (Å²) in [5, 5.41) is 0. The van der Waals surface area contributed by atoms with Crippen molar-refractivity contribution in [2.45, 2.75) is 25.4 Å². The molecule has 0 saturated heterocycles. The summed E-state index contributed by atoms with van der Waals surface area (Å²) in [5.74, 6) is -0.296. The van der Waals surface area contributed by atoms with Crippen LogP contribution in [0.3, 0.4) is 0 Å². The molecule has 0 amide bonds. The summed E-state index contributed by atoms with van der Waals surface area (Å²) in [4.78, 5) is 11.8. The minimum absolute atomic E-state index is 0.0777. The van der Waals surface area contributed by atoms with Gasteiger partial charge in [0.05, 0.1) is 5.56 Å². The lowest BCUT2D eigenvalue weighted by molar-refractivity contribution is -0.137. The van der Waals surface area contributed by atoms with Gasteiger partial charge in [-0.05, 0) is 31.0 Å². The number of halogens is 4. The summed E-state index contributed by atoms with van der Waals surface area (Å²) in [6.45, 7) is 3.52. The zero-order valence-corrected chi connectivity index (χ0v) is 11.1. The summed E-state index contributed by atoms with van der Waals surface area (Å²) in [7, 11) is 0. The first-order chi connectivity index (χ1) is 8.36. The van der Waals surface area contributed by atoms with Gasteiger partial charge in [0.1, 0.15) is 0 Å². The van der Waals surface area contributed by atoms with E-state index in [0.29, 0.717) is 17.3 Å². The molecule has 0 atom stereocenters. The number of hydrogen-bond acceptors (Lipinski definition) is 1. The second kappa shape index (κ2) is 6.18. The van der Waals surface area contributed by atoms with Gasteiger partial charge in [0.25, 0.3) is 0 Å². The molecule has 18 heavy (non-hydrogen) atoms. The van der Waals surface area contributed by atoms with Gasteiger partial charge in [0.15, 0.2) is 5.78 Å². The lowest BCUT2D eigenvalue weighted by Crippen LogP contribution is -2.08. The third-order valence-electron chi connectivity index (χ3n) is 2.41. The maximum absolute atomic E-state index is 12.5. The van der Waals surface area contributed by atoms with Crippen LogP contribution >= 0.6 is 15.9 Å². The highest BCUT2D eigenvalue weighted by atomic mass is 79.9. The van der Waals surface area contributed by atoms with E-state index in [2.05, 4.69) is 22.5 Å². The van der Waals surface area contributed by atoms with Crippen LogP contribution in [0.1, 0.15) is 35.2 Å². The van der Waals surface area contributed by atoms with Crippen molar-refractivity contribution in [1.82, 2.24) is 0 Å². The molecule has 0 saturated carbocycles. The first kappa shape index (κ1) is 15.0. The number of carbonyl (C=O) groups is 1. The maximum atomic E-state index is 12.5. The molecule has 0 aliphatic carbocycles. The van der Waals surface area contributed by atoms with Crippen LogP contribution in [0.5, 0.6) is 0 Å². The average Bonchev–Trinajstić information content (AvgIpc) is 2.28. The number of ketones is 1. The molecule has 5 heteroatoms. The standard InChI is InChI=1S/C13H12BrF3O/c1-2-3-4-5-12(18)10-8-9(13(15,16)17)6-7-11(10)14/h2,6-8H,1,3-5H2. The van der Waals surface area contributed by atoms with E-state index in [9.17, 15) is 18.0 Å². The molecule has 1 rings (SSSR count). The number of benzene rings is 1. The Hall–Kier alpha value is -1.10. The molecule has 0 spiro atoms. The van der Waals surface area contributed by atoms with Gasteiger partial charge in [-0.15, -0.1) is 6.58 Å². The van der Waals surface area contributed by atoms with Gasteiger partial charge in [0, 0.05) is 16.5 Å². The van der Waals surface area contributed by atoms with Crippen LogP contribution in [0.25, 0.3) is 0 Å². The van der Waals surface area contributed by atoms with E-state index in [1.54, 1.807) is 6.08 Å². The van der Waals surface area contributed by atoms with Crippen molar-refractivity contribution >= 4 is 21.7 Å². The minimum Gasteiger partial charge on any atom is -0.294 e. The Kier molecular flexibility index (Phi) is 5.14. The van der Waals surface area contributed by atoms with Gasteiger partial charge < -0.3 is 0 Å². The number of unbranched alkanes of at least 4 members (excludes halogenated alkanes) is 1. The van der Waals surface area contributed by atoms with Crippen molar-refractivity contribution in [3.8, 4) is 0 Å². The van der Waals surface area contributed by atoms with Crippen LogP contribution in [0.4, 0.5) is 13.2 Å². The number of hydrogen-bond donors (Lipinski definition) is 0. The van der Waals surface area contributed by atoms with Crippen molar-refractivity contribution in [3.63, 3.8) is 0 Å². The highest BCUT2D eigenvalue weighted by Crippen LogP contribution is 2.32. The van der Waals surface area contributed by atoms with E-state index in [4.69, 9.17) is 0 Å². The predicted octanol–water partition coefficient (Wildman–Crippen LogP) is 5.01. The molecular formula is C13H12BrF3O. The van der Waals surface area contributed by atoms with E-state index >= 15 is 0 Å². The predicted molar refractivity (Wildman–Crippen MR) is 67.5 cm³/mol. The zero-order valence-electron chi connectivity index (χ0n) is 9.56. The second-order valence-electron chi connectivity index (χ2n) is 3.80. The number of carbonyl (C=O) groups excluding carboxylic acids is 1. The summed E-state index contributed by atoms with van der Waals surface area (Å²) in [6, 6.07) is 3.09. The van der Waals surface area contributed by atoms with Crippen molar-refractivity contribution in [3.05, 3.63) is 46.5 Å². The molecular weight excluding hydrogens is 309 g/mol. The molecule has 0 aromatic heterocycles. The van der Waals surface area contributed by atoms with Gasteiger partial charge in [-0.3, -0.25) is 4.79 Å². The molecule has 0 heterocycles. The van der Waals surface area contributed by atoms with E-state index in [1.165, 1.54) is 6.07 Å². The smallest absolute Gasteiger partial charge is 0.294 e. The summed E-state index contributed by atoms with van der Waals surface area (Å²) in [5.41, 5.74) is -0.730. The Balaban J connectivity index is 2.93. The van der Waals surface area contributed by atoms with Gasteiger partial charge >= 0.3 is 6.18 Å². The Bertz CT molecular complexity index is 452. The van der Waals surface area contributed by atoms with Crippen molar-refractivity contribution in [2.75, 3.05) is 0 Å². The van der Waals surface area contributed by atoms with Crippen LogP contribution in [0.15, 0.2) is 35.3 Å². The molecule has 1 aromatic carbocycles. The van der Waals surface area contributed by atoms with Gasteiger partial charge in [0.2, 0.25) is 0 Å². The van der Waals surface area contributed by atoms with Crippen LogP contribution in [0.2, 0.25) is 0 Å². The Morgan fingerprint density at radius 2 is 2.06 bits per heavy atom. The van der Waals surface area contributed by atoms with Crippen LogP contribution < -0.4 is 0 Å². The number of Topliss-reactive ketones (excluding diaryl/α,β-unsaturated/α-hetero) is 1. The Morgan fingerprint density at radius 3 is 2.61 bits per heavy atom. The van der Waals surface area contributed by atoms with E-state index < -0.39 is 11.7 Å². The third kappa shape index (κ3) is 3.98. The van der Waals surface area contributed by atoms with E-state index in [1.807, 2.05) is 0 Å². The highest BCUT2D eigenvalue weighted by molar-refractivity contribution is 9.10. The monoisotopic (exact) mass is 320 g/mol. The lowest BCUT2D eigenvalue weighted by atomic mass is 10.0.